The van der Waals surface area contributed by atoms with Crippen LogP contribution in [0.5, 0.6) is 0 Å². The molecular weight excluding hydrogens is 268 g/mol. The van der Waals surface area contributed by atoms with Gasteiger partial charge in [-0.1, -0.05) is 68.4 Å². The lowest BCUT2D eigenvalue weighted by Gasteiger charge is -2.05. The Morgan fingerprint density at radius 3 is 2.75 bits per heavy atom. The molecule has 0 aliphatic heterocycles. The molecule has 5 heteroatoms. The van der Waals surface area contributed by atoms with Crippen molar-refractivity contribution in [3.05, 3.63) is 42.0 Å². The molecule has 0 saturated carbocycles. The van der Waals surface area contributed by atoms with Crippen molar-refractivity contribution < 1.29 is 0 Å². The quantitative estimate of drug-likeness (QED) is 0.549. The van der Waals surface area contributed by atoms with E-state index in [1.165, 1.54) is 24.8 Å². The normalized spacial score (nSPS) is 10.7. The molecule has 106 valence electrons. The standard InChI is InChI=1S/C15H20N4S/c1-3-5-6-11-20-15-16-17-18-19(15)12-14-9-7-13(4-2)8-10-14/h4,7-10H,2-3,5-6,11-12H2,1H3. The number of tetrazole rings is 1. The number of benzene rings is 1. The minimum Gasteiger partial charge on any atom is -0.216 e. The number of nitrogens with zero attached hydrogens (tertiary/aromatic N) is 4. The number of hydrogen-bond acceptors (Lipinski definition) is 4. The average Bonchev–Trinajstić information content (AvgIpc) is 2.92. The van der Waals surface area contributed by atoms with Crippen LogP contribution in [0.3, 0.4) is 0 Å². The van der Waals surface area contributed by atoms with Gasteiger partial charge in [-0.2, -0.15) is 0 Å². The van der Waals surface area contributed by atoms with Gasteiger partial charge in [0.15, 0.2) is 0 Å². The SMILES string of the molecule is C=Cc1ccc(Cn2nnnc2SCCCCC)cc1. The second-order valence-electron chi connectivity index (χ2n) is 4.62. The van der Waals surface area contributed by atoms with Crippen molar-refractivity contribution in [2.75, 3.05) is 5.75 Å². The average molecular weight is 288 g/mol. The van der Waals surface area contributed by atoms with Gasteiger partial charge in [0.2, 0.25) is 5.16 Å². The van der Waals surface area contributed by atoms with E-state index in [4.69, 9.17) is 0 Å². The highest BCUT2D eigenvalue weighted by molar-refractivity contribution is 7.99. The minimum atomic E-state index is 0.709. The van der Waals surface area contributed by atoms with E-state index in [1.54, 1.807) is 11.8 Å². The van der Waals surface area contributed by atoms with Crippen molar-refractivity contribution in [3.8, 4) is 0 Å². The van der Waals surface area contributed by atoms with Crippen LogP contribution in [0.4, 0.5) is 0 Å². The van der Waals surface area contributed by atoms with E-state index in [9.17, 15) is 0 Å². The molecule has 4 nitrogen and oxygen atoms in total. The zero-order chi connectivity index (χ0) is 14.2. The van der Waals surface area contributed by atoms with Crippen molar-refractivity contribution in [3.63, 3.8) is 0 Å². The van der Waals surface area contributed by atoms with Gasteiger partial charge in [-0.3, -0.25) is 0 Å². The second-order valence-corrected chi connectivity index (χ2v) is 5.68. The highest BCUT2D eigenvalue weighted by atomic mass is 32.2. The third-order valence-electron chi connectivity index (χ3n) is 3.03. The predicted octanol–water partition coefficient (Wildman–Crippen LogP) is 3.65. The third-order valence-corrected chi connectivity index (χ3v) is 4.07. The largest absolute Gasteiger partial charge is 0.216 e. The molecular formula is C15H20N4S. The van der Waals surface area contributed by atoms with Crippen LogP contribution < -0.4 is 0 Å². The van der Waals surface area contributed by atoms with Gasteiger partial charge in [-0.05, 0) is 28.0 Å². The first-order valence-electron chi connectivity index (χ1n) is 6.94. The zero-order valence-electron chi connectivity index (χ0n) is 11.8. The van der Waals surface area contributed by atoms with E-state index < -0.39 is 0 Å². The molecule has 0 aliphatic carbocycles. The number of hydrogen-bond donors (Lipinski definition) is 0. The van der Waals surface area contributed by atoms with Crippen molar-refractivity contribution in [1.82, 2.24) is 20.2 Å². The molecule has 0 spiro atoms. The Morgan fingerprint density at radius 1 is 1.25 bits per heavy atom. The topological polar surface area (TPSA) is 43.6 Å². The summed E-state index contributed by atoms with van der Waals surface area (Å²) in [6.07, 6.45) is 5.55. The highest BCUT2D eigenvalue weighted by Crippen LogP contribution is 2.17. The molecule has 0 amide bonds. The Balaban J connectivity index is 1.95. The molecule has 0 fully saturated rings. The van der Waals surface area contributed by atoms with Crippen molar-refractivity contribution in [2.45, 2.75) is 37.9 Å². The predicted molar refractivity (Wildman–Crippen MR) is 83.7 cm³/mol. The number of thioether (sulfide) groups is 1. The van der Waals surface area contributed by atoms with E-state index in [2.05, 4.69) is 53.3 Å². The summed E-state index contributed by atoms with van der Waals surface area (Å²) in [5, 5.41) is 12.8. The molecule has 2 aromatic rings. The van der Waals surface area contributed by atoms with Crippen molar-refractivity contribution in [2.24, 2.45) is 0 Å². The first kappa shape index (κ1) is 14.8. The summed E-state index contributed by atoms with van der Waals surface area (Å²) in [7, 11) is 0. The van der Waals surface area contributed by atoms with Crippen LogP contribution in [0.1, 0.15) is 37.3 Å². The fraction of sp³-hybridized carbons (Fsp3) is 0.400. The summed E-state index contributed by atoms with van der Waals surface area (Å²) in [4.78, 5) is 0. The third kappa shape index (κ3) is 4.20. The zero-order valence-corrected chi connectivity index (χ0v) is 12.6. The summed E-state index contributed by atoms with van der Waals surface area (Å²) in [6.45, 7) is 6.68. The van der Waals surface area contributed by atoms with Crippen LogP contribution in [0.25, 0.3) is 6.08 Å². The van der Waals surface area contributed by atoms with Crippen LogP contribution >= 0.6 is 11.8 Å². The molecule has 1 aromatic carbocycles. The van der Waals surface area contributed by atoms with Gasteiger partial charge in [0.25, 0.3) is 0 Å². The molecule has 0 N–H and O–H groups in total. The fourth-order valence-electron chi connectivity index (χ4n) is 1.85. The fourth-order valence-corrected chi connectivity index (χ4v) is 2.72. The first-order chi connectivity index (χ1) is 9.83. The summed E-state index contributed by atoms with van der Waals surface area (Å²) < 4.78 is 1.86. The molecule has 2 rings (SSSR count). The van der Waals surface area contributed by atoms with Crippen LogP contribution in [0, 0.1) is 0 Å². The summed E-state index contributed by atoms with van der Waals surface area (Å²) in [5.41, 5.74) is 2.32. The van der Waals surface area contributed by atoms with Crippen LogP contribution in [-0.2, 0) is 6.54 Å². The van der Waals surface area contributed by atoms with Crippen molar-refractivity contribution in [1.29, 1.82) is 0 Å². The maximum Gasteiger partial charge on any atom is 0.209 e. The Kier molecular flexibility index (Phi) is 5.80. The molecule has 1 heterocycles. The van der Waals surface area contributed by atoms with E-state index in [1.807, 2.05) is 10.8 Å². The Bertz CT molecular complexity index is 533. The molecule has 0 atom stereocenters. The van der Waals surface area contributed by atoms with Crippen LogP contribution in [0.15, 0.2) is 36.0 Å². The number of unbranched alkanes of at least 4 members (excludes halogenated alkanes) is 2. The molecule has 20 heavy (non-hydrogen) atoms. The monoisotopic (exact) mass is 288 g/mol. The van der Waals surface area contributed by atoms with E-state index in [0.29, 0.717) is 6.54 Å². The Labute approximate surface area is 124 Å². The Hall–Kier alpha value is -1.62. The van der Waals surface area contributed by atoms with Gasteiger partial charge in [0.05, 0.1) is 6.54 Å². The van der Waals surface area contributed by atoms with Gasteiger partial charge >= 0.3 is 0 Å². The van der Waals surface area contributed by atoms with Gasteiger partial charge < -0.3 is 0 Å². The second kappa shape index (κ2) is 7.85. The summed E-state index contributed by atoms with van der Waals surface area (Å²) in [5.74, 6) is 1.07. The van der Waals surface area contributed by atoms with E-state index in [0.717, 1.165) is 16.5 Å². The minimum absolute atomic E-state index is 0.709. The number of aromatic nitrogens is 4. The lowest BCUT2D eigenvalue weighted by Crippen LogP contribution is -2.04. The lowest BCUT2D eigenvalue weighted by molar-refractivity contribution is 0.602. The maximum absolute atomic E-state index is 4.09. The van der Waals surface area contributed by atoms with E-state index >= 15 is 0 Å². The summed E-state index contributed by atoms with van der Waals surface area (Å²) in [6, 6.07) is 8.29. The Morgan fingerprint density at radius 2 is 2.05 bits per heavy atom. The van der Waals surface area contributed by atoms with Gasteiger partial charge in [0.1, 0.15) is 0 Å². The maximum atomic E-state index is 4.09. The van der Waals surface area contributed by atoms with Crippen molar-refractivity contribution >= 4 is 17.8 Å². The van der Waals surface area contributed by atoms with Crippen LogP contribution in [-0.4, -0.2) is 26.0 Å². The first-order valence-corrected chi connectivity index (χ1v) is 7.92. The van der Waals surface area contributed by atoms with Gasteiger partial charge in [-0.15, -0.1) is 5.10 Å². The molecule has 0 unspecified atom stereocenters. The lowest BCUT2D eigenvalue weighted by atomic mass is 10.1. The summed E-state index contributed by atoms with van der Waals surface area (Å²) >= 11 is 1.73. The molecule has 0 aliphatic rings. The van der Waals surface area contributed by atoms with Gasteiger partial charge in [-0.25, -0.2) is 4.68 Å². The van der Waals surface area contributed by atoms with Crippen LogP contribution in [0.2, 0.25) is 0 Å². The number of rotatable bonds is 8. The van der Waals surface area contributed by atoms with Gasteiger partial charge in [0, 0.05) is 5.75 Å². The smallest absolute Gasteiger partial charge is 0.209 e. The van der Waals surface area contributed by atoms with E-state index in [-0.39, 0.29) is 0 Å². The molecule has 0 radical (unpaired) electrons. The highest BCUT2D eigenvalue weighted by Gasteiger charge is 2.07. The molecule has 1 aromatic heterocycles. The molecule has 0 saturated heterocycles. The molecule has 0 bridgehead atoms.